The number of likely N-dealkylation sites (tertiary alicyclic amines) is 1. The van der Waals surface area contributed by atoms with E-state index < -0.39 is 0 Å². The van der Waals surface area contributed by atoms with E-state index in [0.29, 0.717) is 12.1 Å². The van der Waals surface area contributed by atoms with Crippen molar-refractivity contribution in [1.82, 2.24) is 15.2 Å². The van der Waals surface area contributed by atoms with Gasteiger partial charge < -0.3 is 10.2 Å². The summed E-state index contributed by atoms with van der Waals surface area (Å²) in [5, 5.41) is 2.94. The van der Waals surface area contributed by atoms with E-state index in [4.69, 9.17) is 0 Å². The van der Waals surface area contributed by atoms with Crippen molar-refractivity contribution in [3.63, 3.8) is 0 Å². The van der Waals surface area contributed by atoms with Crippen LogP contribution in [0.3, 0.4) is 0 Å². The first-order chi connectivity index (χ1) is 8.75. The summed E-state index contributed by atoms with van der Waals surface area (Å²) in [4.78, 5) is 18.1. The first kappa shape index (κ1) is 13.0. The van der Waals surface area contributed by atoms with E-state index in [1.165, 1.54) is 12.8 Å². The number of pyridine rings is 1. The number of amides is 1. The Bertz CT molecular complexity index is 372. The quantitative estimate of drug-likeness (QED) is 0.878. The summed E-state index contributed by atoms with van der Waals surface area (Å²) in [5.41, 5.74) is 0.629. The SMILES string of the molecule is CC1CCN(CCNC(=O)c2cccnc2)CC1. The third kappa shape index (κ3) is 3.81. The van der Waals surface area contributed by atoms with Gasteiger partial charge in [-0.3, -0.25) is 9.78 Å². The zero-order valence-electron chi connectivity index (χ0n) is 10.9. The van der Waals surface area contributed by atoms with Gasteiger partial charge in [-0.15, -0.1) is 0 Å². The van der Waals surface area contributed by atoms with Crippen molar-refractivity contribution in [2.24, 2.45) is 5.92 Å². The van der Waals surface area contributed by atoms with E-state index in [1.54, 1.807) is 24.5 Å². The van der Waals surface area contributed by atoms with Crippen LogP contribution < -0.4 is 5.32 Å². The minimum absolute atomic E-state index is 0.0338. The molecule has 1 fully saturated rings. The van der Waals surface area contributed by atoms with Crippen LogP contribution in [-0.2, 0) is 0 Å². The number of piperidine rings is 1. The molecule has 2 heterocycles. The van der Waals surface area contributed by atoms with Crippen molar-refractivity contribution in [3.8, 4) is 0 Å². The summed E-state index contributed by atoms with van der Waals surface area (Å²) in [5.74, 6) is 0.819. The molecule has 0 radical (unpaired) electrons. The van der Waals surface area contributed by atoms with Crippen LogP contribution in [0, 0.1) is 5.92 Å². The largest absolute Gasteiger partial charge is 0.351 e. The van der Waals surface area contributed by atoms with Crippen LogP contribution in [0.25, 0.3) is 0 Å². The van der Waals surface area contributed by atoms with Crippen LogP contribution in [0.15, 0.2) is 24.5 Å². The Hall–Kier alpha value is -1.42. The molecule has 98 valence electrons. The Morgan fingerprint density at radius 2 is 2.28 bits per heavy atom. The molecule has 4 heteroatoms. The van der Waals surface area contributed by atoms with Gasteiger partial charge in [0.25, 0.3) is 5.91 Å². The van der Waals surface area contributed by atoms with Gasteiger partial charge in [-0.1, -0.05) is 6.92 Å². The fourth-order valence-corrected chi connectivity index (χ4v) is 2.21. The fourth-order valence-electron chi connectivity index (χ4n) is 2.21. The van der Waals surface area contributed by atoms with E-state index in [1.807, 2.05) is 0 Å². The number of rotatable bonds is 4. The lowest BCUT2D eigenvalue weighted by molar-refractivity contribution is 0.0944. The monoisotopic (exact) mass is 247 g/mol. The highest BCUT2D eigenvalue weighted by atomic mass is 16.1. The molecule has 2 rings (SSSR count). The first-order valence-electron chi connectivity index (χ1n) is 6.66. The van der Waals surface area contributed by atoms with Gasteiger partial charge in [-0.05, 0) is 44.0 Å². The molecule has 1 aromatic rings. The van der Waals surface area contributed by atoms with Crippen LogP contribution in [0.4, 0.5) is 0 Å². The number of nitrogens with one attached hydrogen (secondary N) is 1. The molecule has 1 aliphatic heterocycles. The minimum Gasteiger partial charge on any atom is -0.351 e. The lowest BCUT2D eigenvalue weighted by atomic mass is 9.99. The van der Waals surface area contributed by atoms with Crippen molar-refractivity contribution in [3.05, 3.63) is 30.1 Å². The van der Waals surface area contributed by atoms with Crippen molar-refractivity contribution in [1.29, 1.82) is 0 Å². The Balaban J connectivity index is 1.68. The Morgan fingerprint density at radius 1 is 1.50 bits per heavy atom. The van der Waals surface area contributed by atoms with Crippen molar-refractivity contribution < 1.29 is 4.79 Å². The van der Waals surface area contributed by atoms with Crippen LogP contribution in [0.2, 0.25) is 0 Å². The van der Waals surface area contributed by atoms with Gasteiger partial charge >= 0.3 is 0 Å². The van der Waals surface area contributed by atoms with Gasteiger partial charge in [0.05, 0.1) is 5.56 Å². The summed E-state index contributed by atoms with van der Waals surface area (Å²) in [7, 11) is 0. The molecule has 1 aromatic heterocycles. The highest BCUT2D eigenvalue weighted by molar-refractivity contribution is 5.93. The molecule has 0 saturated carbocycles. The zero-order chi connectivity index (χ0) is 12.8. The third-order valence-electron chi connectivity index (χ3n) is 3.51. The number of carbonyl (C=O) groups is 1. The van der Waals surface area contributed by atoms with Gasteiger partial charge in [-0.25, -0.2) is 0 Å². The second-order valence-corrected chi connectivity index (χ2v) is 5.02. The third-order valence-corrected chi connectivity index (χ3v) is 3.51. The number of nitrogens with zero attached hydrogens (tertiary/aromatic N) is 2. The summed E-state index contributed by atoms with van der Waals surface area (Å²) in [6, 6.07) is 3.56. The Labute approximate surface area is 108 Å². The number of hydrogen-bond donors (Lipinski definition) is 1. The fraction of sp³-hybridized carbons (Fsp3) is 0.571. The van der Waals surface area contributed by atoms with Gasteiger partial charge in [0.1, 0.15) is 0 Å². The maximum absolute atomic E-state index is 11.8. The van der Waals surface area contributed by atoms with Crippen LogP contribution in [0.1, 0.15) is 30.1 Å². The van der Waals surface area contributed by atoms with E-state index in [-0.39, 0.29) is 5.91 Å². The molecule has 0 unspecified atom stereocenters. The van der Waals surface area contributed by atoms with Gasteiger partial charge in [0.15, 0.2) is 0 Å². The molecular formula is C14H21N3O. The van der Waals surface area contributed by atoms with Gasteiger partial charge in [-0.2, -0.15) is 0 Å². The molecule has 18 heavy (non-hydrogen) atoms. The van der Waals surface area contributed by atoms with Crippen molar-refractivity contribution in [2.75, 3.05) is 26.2 Å². The topological polar surface area (TPSA) is 45.2 Å². The van der Waals surface area contributed by atoms with Crippen molar-refractivity contribution >= 4 is 5.91 Å². The summed E-state index contributed by atoms with van der Waals surface area (Å²) in [6.07, 6.45) is 5.82. The highest BCUT2D eigenvalue weighted by Gasteiger charge is 2.15. The molecule has 1 saturated heterocycles. The standard InChI is InChI=1S/C14H21N3O/c1-12-4-8-17(9-5-12)10-7-16-14(18)13-3-2-6-15-11-13/h2-3,6,11-12H,4-5,7-10H2,1H3,(H,16,18). The van der Waals surface area contributed by atoms with E-state index in [0.717, 1.165) is 25.6 Å². The molecule has 0 aromatic carbocycles. The average molecular weight is 247 g/mol. The molecule has 1 aliphatic rings. The summed E-state index contributed by atoms with van der Waals surface area (Å²) < 4.78 is 0. The van der Waals surface area contributed by atoms with Gasteiger partial charge in [0, 0.05) is 25.5 Å². The first-order valence-corrected chi connectivity index (χ1v) is 6.66. The lowest BCUT2D eigenvalue weighted by Gasteiger charge is -2.30. The smallest absolute Gasteiger partial charge is 0.252 e. The van der Waals surface area contributed by atoms with E-state index in [2.05, 4.69) is 22.1 Å². The van der Waals surface area contributed by atoms with Crippen LogP contribution in [0.5, 0.6) is 0 Å². The molecule has 0 bridgehead atoms. The maximum Gasteiger partial charge on any atom is 0.252 e. The predicted molar refractivity (Wildman–Crippen MR) is 71.4 cm³/mol. The molecule has 0 spiro atoms. The molecule has 1 N–H and O–H groups in total. The summed E-state index contributed by atoms with van der Waals surface area (Å²) >= 11 is 0. The molecule has 4 nitrogen and oxygen atoms in total. The van der Waals surface area contributed by atoms with Crippen molar-refractivity contribution in [2.45, 2.75) is 19.8 Å². The molecule has 1 amide bonds. The second kappa shape index (κ2) is 6.50. The molecule has 0 aliphatic carbocycles. The van der Waals surface area contributed by atoms with Crippen LogP contribution >= 0.6 is 0 Å². The normalized spacial score (nSPS) is 17.6. The maximum atomic E-state index is 11.8. The van der Waals surface area contributed by atoms with E-state index in [9.17, 15) is 4.79 Å². The number of hydrogen-bond acceptors (Lipinski definition) is 3. The molecule has 0 atom stereocenters. The molecular weight excluding hydrogens is 226 g/mol. The van der Waals surface area contributed by atoms with E-state index >= 15 is 0 Å². The zero-order valence-corrected chi connectivity index (χ0v) is 10.9. The van der Waals surface area contributed by atoms with Crippen LogP contribution in [-0.4, -0.2) is 42.0 Å². The average Bonchev–Trinajstić information content (AvgIpc) is 2.42. The summed E-state index contributed by atoms with van der Waals surface area (Å²) in [6.45, 7) is 6.27. The second-order valence-electron chi connectivity index (χ2n) is 5.02. The van der Waals surface area contributed by atoms with Gasteiger partial charge in [0.2, 0.25) is 0 Å². The highest BCUT2D eigenvalue weighted by Crippen LogP contribution is 2.15. The minimum atomic E-state index is -0.0338. The Morgan fingerprint density at radius 3 is 2.94 bits per heavy atom. The Kier molecular flexibility index (Phi) is 4.70. The lowest BCUT2D eigenvalue weighted by Crippen LogP contribution is -2.39. The predicted octanol–water partition coefficient (Wildman–Crippen LogP) is 1.54. The number of aromatic nitrogens is 1. The number of carbonyl (C=O) groups excluding carboxylic acids is 1.